The van der Waals surface area contributed by atoms with E-state index in [4.69, 9.17) is 5.73 Å². The largest absolute Gasteiger partial charge is 0.508 e. The molecule has 2 aromatic carbocycles. The summed E-state index contributed by atoms with van der Waals surface area (Å²) in [6, 6.07) is 10.7. The molecule has 3 rings (SSSR count). The molecule has 0 saturated carbocycles. The van der Waals surface area contributed by atoms with E-state index < -0.39 is 60.3 Å². The molecule has 214 valence electrons. The van der Waals surface area contributed by atoms with Gasteiger partial charge in [0, 0.05) is 17.9 Å². The number of aliphatic carboxylic acids is 1. The number of amides is 4. The topological polar surface area (TPSA) is 200 Å². The van der Waals surface area contributed by atoms with Crippen LogP contribution in [0.25, 0.3) is 0 Å². The van der Waals surface area contributed by atoms with Crippen molar-refractivity contribution in [3.8, 4) is 5.75 Å². The van der Waals surface area contributed by atoms with Crippen molar-refractivity contribution in [2.75, 3.05) is 18.1 Å². The maximum atomic E-state index is 12.9. The molecule has 40 heavy (non-hydrogen) atoms. The minimum absolute atomic E-state index is 0.0274. The second-order valence-corrected chi connectivity index (χ2v) is 11.6. The van der Waals surface area contributed by atoms with Gasteiger partial charge >= 0.3 is 5.97 Å². The maximum absolute atomic E-state index is 12.9. The molecule has 1 fully saturated rings. The van der Waals surface area contributed by atoms with Gasteiger partial charge < -0.3 is 37.2 Å². The Morgan fingerprint density at radius 2 is 1.62 bits per heavy atom. The fourth-order valence-corrected chi connectivity index (χ4v) is 6.03. The smallest absolute Gasteiger partial charge is 0.327 e. The highest BCUT2D eigenvalue weighted by molar-refractivity contribution is 8.76. The summed E-state index contributed by atoms with van der Waals surface area (Å²) in [6.45, 7) is -0.469. The summed E-state index contributed by atoms with van der Waals surface area (Å²) in [7, 11) is 2.25. The van der Waals surface area contributed by atoms with Gasteiger partial charge in [-0.3, -0.25) is 19.2 Å². The third kappa shape index (κ3) is 9.77. The molecule has 1 unspecified atom stereocenters. The van der Waals surface area contributed by atoms with Crippen molar-refractivity contribution in [1.82, 2.24) is 21.3 Å². The van der Waals surface area contributed by atoms with Gasteiger partial charge in [-0.15, -0.1) is 0 Å². The van der Waals surface area contributed by atoms with Gasteiger partial charge in [0.05, 0.1) is 12.6 Å². The maximum Gasteiger partial charge on any atom is 0.327 e. The van der Waals surface area contributed by atoms with Crippen molar-refractivity contribution in [2.45, 2.75) is 37.0 Å². The van der Waals surface area contributed by atoms with E-state index >= 15 is 0 Å². The fourth-order valence-electron chi connectivity index (χ4n) is 3.71. The Morgan fingerprint density at radius 1 is 0.950 bits per heavy atom. The van der Waals surface area contributed by atoms with Crippen LogP contribution in [0.4, 0.5) is 0 Å². The predicted molar refractivity (Wildman–Crippen MR) is 151 cm³/mol. The van der Waals surface area contributed by atoms with Gasteiger partial charge in [0.15, 0.2) is 0 Å². The highest BCUT2D eigenvalue weighted by Gasteiger charge is 2.29. The summed E-state index contributed by atoms with van der Waals surface area (Å²) in [4.78, 5) is 63.1. The lowest BCUT2D eigenvalue weighted by molar-refractivity contribution is -0.141. The zero-order valence-electron chi connectivity index (χ0n) is 21.4. The fraction of sp³-hybridized carbons (Fsp3) is 0.346. The van der Waals surface area contributed by atoms with E-state index in [-0.39, 0.29) is 30.1 Å². The van der Waals surface area contributed by atoms with Gasteiger partial charge in [-0.1, -0.05) is 64.1 Å². The second kappa shape index (κ2) is 15.1. The zero-order chi connectivity index (χ0) is 29.1. The van der Waals surface area contributed by atoms with Gasteiger partial charge in [0.25, 0.3) is 0 Å². The lowest BCUT2D eigenvalue weighted by Gasteiger charge is -2.24. The van der Waals surface area contributed by atoms with Crippen molar-refractivity contribution in [3.05, 3.63) is 65.7 Å². The van der Waals surface area contributed by atoms with Crippen molar-refractivity contribution in [3.63, 3.8) is 0 Å². The Morgan fingerprint density at radius 3 is 2.30 bits per heavy atom. The molecule has 4 atom stereocenters. The molecule has 2 aromatic rings. The summed E-state index contributed by atoms with van der Waals surface area (Å²) in [6.07, 6.45) is 0.270. The number of benzene rings is 2. The van der Waals surface area contributed by atoms with E-state index in [0.29, 0.717) is 5.56 Å². The lowest BCUT2D eigenvalue weighted by atomic mass is 10.0. The number of carbonyl (C=O) groups is 5. The summed E-state index contributed by atoms with van der Waals surface area (Å²) >= 11 is 0. The standard InChI is InChI=1S/C26H31N5O7S2/c27-18(10-16-6-8-17(32)9-7-16)23(34)30-20-13-39-40-14-21(26(37)38)31-25(36)19(11-15-4-2-1-3-5-15)29-22(33)12-28-24(20)35/h1-9,18-21,32H,10-14,27H2,(H,28,35)(H,29,33)(H,30,34)(H,31,36)(H,37,38)/t18-,19-,20?,21+/m0/s1. The number of aromatic hydroxyl groups is 1. The molecule has 12 nitrogen and oxygen atoms in total. The molecule has 14 heteroatoms. The van der Waals surface area contributed by atoms with Crippen LogP contribution in [0.5, 0.6) is 5.75 Å². The van der Waals surface area contributed by atoms with Crippen LogP contribution >= 0.6 is 21.6 Å². The predicted octanol–water partition coefficient (Wildman–Crippen LogP) is -0.445. The van der Waals surface area contributed by atoms with E-state index in [1.165, 1.54) is 12.1 Å². The van der Waals surface area contributed by atoms with E-state index in [2.05, 4.69) is 21.3 Å². The average Bonchev–Trinajstić information content (AvgIpc) is 2.93. The highest BCUT2D eigenvalue weighted by Crippen LogP contribution is 2.23. The Labute approximate surface area is 238 Å². The van der Waals surface area contributed by atoms with Gasteiger partial charge in [-0.05, 0) is 29.7 Å². The van der Waals surface area contributed by atoms with Gasteiger partial charge in [-0.25, -0.2) is 4.79 Å². The molecule has 1 aliphatic heterocycles. The Hall–Kier alpha value is -3.75. The van der Waals surface area contributed by atoms with E-state index in [9.17, 15) is 34.2 Å². The summed E-state index contributed by atoms with van der Waals surface area (Å²) < 4.78 is 0. The molecule has 1 saturated heterocycles. The SMILES string of the molecule is N[C@@H](Cc1ccc(O)cc1)C(=O)NC1CSSC[C@H](C(=O)O)NC(=O)[C@H](Cc2ccccc2)NC(=O)CNC1=O. The Kier molecular flexibility index (Phi) is 11.7. The van der Waals surface area contributed by atoms with Crippen LogP contribution in [0.2, 0.25) is 0 Å². The number of hydrogen-bond donors (Lipinski definition) is 7. The Bertz CT molecular complexity index is 1200. The van der Waals surface area contributed by atoms with Crippen LogP contribution < -0.4 is 27.0 Å². The molecule has 0 radical (unpaired) electrons. The molecule has 1 heterocycles. The van der Waals surface area contributed by atoms with Crippen molar-refractivity contribution in [1.29, 1.82) is 0 Å². The van der Waals surface area contributed by atoms with Crippen molar-refractivity contribution in [2.24, 2.45) is 5.73 Å². The van der Waals surface area contributed by atoms with Crippen LogP contribution in [-0.4, -0.2) is 82.0 Å². The van der Waals surface area contributed by atoms with Crippen LogP contribution in [0.1, 0.15) is 11.1 Å². The van der Waals surface area contributed by atoms with Crippen LogP contribution in [-0.2, 0) is 36.8 Å². The summed E-state index contributed by atoms with van der Waals surface area (Å²) in [5.74, 6) is -3.70. The zero-order valence-corrected chi connectivity index (χ0v) is 23.0. The lowest BCUT2D eigenvalue weighted by Crippen LogP contribution is -2.56. The number of rotatable bonds is 7. The molecule has 8 N–H and O–H groups in total. The van der Waals surface area contributed by atoms with Crippen LogP contribution in [0, 0.1) is 0 Å². The molecule has 1 aliphatic rings. The number of carbonyl (C=O) groups excluding carboxylic acids is 4. The number of nitrogens with one attached hydrogen (secondary N) is 4. The Balaban J connectivity index is 1.70. The van der Waals surface area contributed by atoms with E-state index in [1.807, 2.05) is 0 Å². The average molecular weight is 590 g/mol. The molecule has 4 amide bonds. The molecule has 0 bridgehead atoms. The van der Waals surface area contributed by atoms with Gasteiger partial charge in [-0.2, -0.15) is 0 Å². The first-order valence-electron chi connectivity index (χ1n) is 12.3. The van der Waals surface area contributed by atoms with Crippen molar-refractivity contribution < 1.29 is 34.2 Å². The number of carboxylic acids is 1. The number of phenolic OH excluding ortho intramolecular Hbond substituents is 1. The third-order valence-electron chi connectivity index (χ3n) is 5.89. The number of phenols is 1. The molecular formula is C26H31N5O7S2. The molecular weight excluding hydrogens is 558 g/mol. The van der Waals surface area contributed by atoms with E-state index in [1.54, 1.807) is 42.5 Å². The van der Waals surface area contributed by atoms with E-state index in [0.717, 1.165) is 27.2 Å². The van der Waals surface area contributed by atoms with Gasteiger partial charge in [0.2, 0.25) is 23.6 Å². The second-order valence-electron chi connectivity index (χ2n) is 9.03. The minimum Gasteiger partial charge on any atom is -0.508 e. The van der Waals surface area contributed by atoms with Crippen LogP contribution in [0.3, 0.4) is 0 Å². The van der Waals surface area contributed by atoms with Crippen molar-refractivity contribution >= 4 is 51.2 Å². The first kappa shape index (κ1) is 30.8. The first-order valence-corrected chi connectivity index (χ1v) is 14.8. The highest BCUT2D eigenvalue weighted by atomic mass is 33.1. The summed E-state index contributed by atoms with van der Waals surface area (Å²) in [5.41, 5.74) is 7.50. The molecule has 0 aliphatic carbocycles. The molecule has 0 aromatic heterocycles. The quantitative estimate of drug-likeness (QED) is 0.208. The normalized spacial score (nSPS) is 21.6. The first-order chi connectivity index (χ1) is 19.1. The summed E-state index contributed by atoms with van der Waals surface area (Å²) in [5, 5.41) is 29.2. The number of carboxylic acid groups (broad SMARTS) is 1. The third-order valence-corrected chi connectivity index (χ3v) is 8.31. The number of nitrogens with two attached hydrogens (primary N) is 1. The number of hydrogen-bond acceptors (Lipinski definition) is 9. The van der Waals surface area contributed by atoms with Gasteiger partial charge in [0.1, 0.15) is 23.9 Å². The minimum atomic E-state index is -1.25. The van der Waals surface area contributed by atoms with Crippen LogP contribution in [0.15, 0.2) is 54.6 Å². The monoisotopic (exact) mass is 589 g/mol. The molecule has 0 spiro atoms.